The molecule has 3 N–H and O–H groups in total. The summed E-state index contributed by atoms with van der Waals surface area (Å²) < 4.78 is 2.11. The predicted octanol–water partition coefficient (Wildman–Crippen LogP) is 1.48. The standard InChI is InChI=1S/C13H16N4/c14-5-7-17-9-15-8-12(17)11-3-1-2-10-4-6-16-13(10)11/h1-3,8-9,16H,4-7,14H2. The molecule has 1 aromatic carbocycles. The number of hydrogen-bond acceptors (Lipinski definition) is 3. The Kier molecular flexibility index (Phi) is 2.57. The first kappa shape index (κ1) is 10.4. The fourth-order valence-electron chi connectivity index (χ4n) is 2.42. The van der Waals surface area contributed by atoms with Crippen molar-refractivity contribution in [3.63, 3.8) is 0 Å². The summed E-state index contributed by atoms with van der Waals surface area (Å²) in [7, 11) is 0. The lowest BCUT2D eigenvalue weighted by Gasteiger charge is -2.11. The van der Waals surface area contributed by atoms with E-state index in [9.17, 15) is 0 Å². The molecule has 3 rings (SSSR count). The Morgan fingerprint density at radius 2 is 2.35 bits per heavy atom. The van der Waals surface area contributed by atoms with Crippen LogP contribution in [-0.4, -0.2) is 22.6 Å². The first-order valence-electron chi connectivity index (χ1n) is 5.96. The van der Waals surface area contributed by atoms with E-state index >= 15 is 0 Å². The van der Waals surface area contributed by atoms with Crippen molar-refractivity contribution < 1.29 is 0 Å². The van der Waals surface area contributed by atoms with Gasteiger partial charge < -0.3 is 15.6 Å². The number of rotatable bonds is 3. The summed E-state index contributed by atoms with van der Waals surface area (Å²) in [5.41, 5.74) is 10.6. The van der Waals surface area contributed by atoms with E-state index in [1.54, 1.807) is 0 Å². The molecule has 1 aliphatic heterocycles. The fraction of sp³-hybridized carbons (Fsp3) is 0.308. The molecule has 2 aromatic rings. The fourth-order valence-corrected chi connectivity index (χ4v) is 2.42. The Balaban J connectivity index is 2.09. The number of hydrogen-bond donors (Lipinski definition) is 2. The van der Waals surface area contributed by atoms with E-state index in [1.165, 1.54) is 16.8 Å². The molecule has 0 bridgehead atoms. The van der Waals surface area contributed by atoms with Crippen molar-refractivity contribution in [2.24, 2.45) is 5.73 Å². The van der Waals surface area contributed by atoms with E-state index in [0.29, 0.717) is 6.54 Å². The molecular weight excluding hydrogens is 212 g/mol. The maximum atomic E-state index is 5.62. The minimum Gasteiger partial charge on any atom is -0.384 e. The van der Waals surface area contributed by atoms with Crippen LogP contribution in [0.2, 0.25) is 0 Å². The summed E-state index contributed by atoms with van der Waals surface area (Å²) >= 11 is 0. The quantitative estimate of drug-likeness (QED) is 0.836. The molecular formula is C13H16N4. The Morgan fingerprint density at radius 1 is 1.41 bits per heavy atom. The van der Waals surface area contributed by atoms with Crippen molar-refractivity contribution in [1.82, 2.24) is 9.55 Å². The lowest BCUT2D eigenvalue weighted by Crippen LogP contribution is -2.10. The van der Waals surface area contributed by atoms with Crippen LogP contribution >= 0.6 is 0 Å². The molecule has 0 spiro atoms. The highest BCUT2D eigenvalue weighted by Crippen LogP contribution is 2.33. The molecule has 0 saturated heterocycles. The number of benzene rings is 1. The van der Waals surface area contributed by atoms with Gasteiger partial charge in [0, 0.05) is 30.9 Å². The maximum Gasteiger partial charge on any atom is 0.0951 e. The number of nitrogens with one attached hydrogen (secondary N) is 1. The van der Waals surface area contributed by atoms with Crippen LogP contribution in [0.25, 0.3) is 11.3 Å². The molecule has 1 aromatic heterocycles. The number of imidazole rings is 1. The van der Waals surface area contributed by atoms with E-state index in [0.717, 1.165) is 25.2 Å². The van der Waals surface area contributed by atoms with Gasteiger partial charge in [-0.25, -0.2) is 4.98 Å². The Bertz CT molecular complexity index is 530. The summed E-state index contributed by atoms with van der Waals surface area (Å²) in [5, 5.41) is 3.45. The van der Waals surface area contributed by atoms with Crippen LogP contribution in [0.1, 0.15) is 5.56 Å². The van der Waals surface area contributed by atoms with Crippen molar-refractivity contribution in [3.05, 3.63) is 36.3 Å². The second-order valence-electron chi connectivity index (χ2n) is 4.28. The van der Waals surface area contributed by atoms with Crippen LogP contribution in [0.5, 0.6) is 0 Å². The van der Waals surface area contributed by atoms with Gasteiger partial charge >= 0.3 is 0 Å². The Morgan fingerprint density at radius 3 is 3.24 bits per heavy atom. The van der Waals surface area contributed by atoms with E-state index in [-0.39, 0.29) is 0 Å². The minimum absolute atomic E-state index is 0.631. The highest BCUT2D eigenvalue weighted by Gasteiger charge is 2.16. The molecule has 88 valence electrons. The van der Waals surface area contributed by atoms with E-state index in [4.69, 9.17) is 5.73 Å². The van der Waals surface area contributed by atoms with Gasteiger partial charge in [0.1, 0.15) is 0 Å². The topological polar surface area (TPSA) is 55.9 Å². The molecule has 4 heteroatoms. The average Bonchev–Trinajstić information content (AvgIpc) is 2.96. The number of nitrogens with two attached hydrogens (primary N) is 1. The number of nitrogens with zero attached hydrogens (tertiary/aromatic N) is 2. The normalized spacial score (nSPS) is 13.5. The molecule has 1 aliphatic rings. The number of fused-ring (bicyclic) bond motifs is 1. The molecule has 0 fully saturated rings. The molecule has 0 amide bonds. The first-order valence-corrected chi connectivity index (χ1v) is 5.96. The molecule has 4 nitrogen and oxygen atoms in total. The largest absolute Gasteiger partial charge is 0.384 e. The summed E-state index contributed by atoms with van der Waals surface area (Å²) in [6.07, 6.45) is 4.86. The summed E-state index contributed by atoms with van der Waals surface area (Å²) in [6.45, 7) is 2.46. The molecule has 0 radical (unpaired) electrons. The second-order valence-corrected chi connectivity index (χ2v) is 4.28. The minimum atomic E-state index is 0.631. The van der Waals surface area contributed by atoms with E-state index in [2.05, 4.69) is 33.1 Å². The smallest absolute Gasteiger partial charge is 0.0951 e. The molecule has 0 saturated carbocycles. The summed E-state index contributed by atoms with van der Waals surface area (Å²) in [6, 6.07) is 6.44. The summed E-state index contributed by atoms with van der Waals surface area (Å²) in [5.74, 6) is 0. The van der Waals surface area contributed by atoms with Crippen LogP contribution < -0.4 is 11.1 Å². The van der Waals surface area contributed by atoms with Crippen molar-refractivity contribution in [2.75, 3.05) is 18.4 Å². The van der Waals surface area contributed by atoms with Crippen LogP contribution in [0.4, 0.5) is 5.69 Å². The van der Waals surface area contributed by atoms with Crippen LogP contribution in [0, 0.1) is 0 Å². The lowest BCUT2D eigenvalue weighted by atomic mass is 10.1. The third-order valence-corrected chi connectivity index (χ3v) is 3.21. The van der Waals surface area contributed by atoms with Gasteiger partial charge in [0.15, 0.2) is 0 Å². The third kappa shape index (κ3) is 1.70. The van der Waals surface area contributed by atoms with Crippen LogP contribution in [0.3, 0.4) is 0 Å². The molecule has 0 unspecified atom stereocenters. The number of anilines is 1. The molecule has 0 atom stereocenters. The zero-order valence-electron chi connectivity index (χ0n) is 9.69. The first-order chi connectivity index (χ1) is 8.40. The van der Waals surface area contributed by atoms with Gasteiger partial charge in [-0.15, -0.1) is 0 Å². The number of aromatic nitrogens is 2. The lowest BCUT2D eigenvalue weighted by molar-refractivity contribution is 0.714. The highest BCUT2D eigenvalue weighted by atomic mass is 15.1. The zero-order valence-corrected chi connectivity index (χ0v) is 9.69. The monoisotopic (exact) mass is 228 g/mol. The van der Waals surface area contributed by atoms with Crippen molar-refractivity contribution in [1.29, 1.82) is 0 Å². The average molecular weight is 228 g/mol. The molecule has 0 aliphatic carbocycles. The predicted molar refractivity (Wildman–Crippen MR) is 68.9 cm³/mol. The number of para-hydroxylation sites is 1. The van der Waals surface area contributed by atoms with Crippen LogP contribution in [0.15, 0.2) is 30.7 Å². The van der Waals surface area contributed by atoms with Crippen molar-refractivity contribution >= 4 is 5.69 Å². The third-order valence-electron chi connectivity index (χ3n) is 3.21. The van der Waals surface area contributed by atoms with Gasteiger partial charge in [-0.3, -0.25) is 0 Å². The summed E-state index contributed by atoms with van der Waals surface area (Å²) in [4.78, 5) is 4.22. The molecule has 17 heavy (non-hydrogen) atoms. The Labute approximate surface area is 100 Å². The van der Waals surface area contributed by atoms with Gasteiger partial charge in [0.25, 0.3) is 0 Å². The Hall–Kier alpha value is -1.81. The van der Waals surface area contributed by atoms with Crippen LogP contribution in [-0.2, 0) is 13.0 Å². The maximum absolute atomic E-state index is 5.62. The van der Waals surface area contributed by atoms with Crippen molar-refractivity contribution in [2.45, 2.75) is 13.0 Å². The second kappa shape index (κ2) is 4.22. The van der Waals surface area contributed by atoms with E-state index in [1.807, 2.05) is 12.5 Å². The van der Waals surface area contributed by atoms with Gasteiger partial charge in [0.2, 0.25) is 0 Å². The molecule has 2 heterocycles. The van der Waals surface area contributed by atoms with E-state index < -0.39 is 0 Å². The van der Waals surface area contributed by atoms with Crippen molar-refractivity contribution in [3.8, 4) is 11.3 Å². The highest BCUT2D eigenvalue weighted by molar-refractivity contribution is 5.79. The van der Waals surface area contributed by atoms with Gasteiger partial charge in [-0.1, -0.05) is 18.2 Å². The van der Waals surface area contributed by atoms with Gasteiger partial charge in [-0.05, 0) is 12.0 Å². The van der Waals surface area contributed by atoms with Gasteiger partial charge in [0.05, 0.1) is 18.2 Å². The SMILES string of the molecule is NCCn1cncc1-c1cccc2c1NCC2. The zero-order chi connectivity index (χ0) is 11.7. The van der Waals surface area contributed by atoms with Gasteiger partial charge in [-0.2, -0.15) is 0 Å².